The van der Waals surface area contributed by atoms with Gasteiger partial charge in [-0.25, -0.2) is 0 Å². The van der Waals surface area contributed by atoms with E-state index in [1.54, 1.807) is 6.07 Å². The van der Waals surface area contributed by atoms with Crippen molar-refractivity contribution in [1.29, 1.82) is 0 Å². The topological polar surface area (TPSA) is 35.5 Å². The van der Waals surface area contributed by atoms with Gasteiger partial charge in [-0.15, -0.1) is 0 Å². The third kappa shape index (κ3) is 5.49. The molecule has 0 fully saturated rings. The van der Waals surface area contributed by atoms with Gasteiger partial charge < -0.3 is 15.3 Å². The van der Waals surface area contributed by atoms with E-state index in [2.05, 4.69) is 31.0 Å². The Hall–Kier alpha value is -0.610. The minimum absolute atomic E-state index is 0.344. The number of benzene rings is 1. The van der Waals surface area contributed by atoms with Crippen molar-refractivity contribution in [2.24, 2.45) is 0 Å². The fourth-order valence-electron chi connectivity index (χ4n) is 2.10. The average Bonchev–Trinajstić information content (AvgIpc) is 2.42. The maximum absolute atomic E-state index is 10.1. The third-order valence-corrected chi connectivity index (χ3v) is 3.69. The predicted octanol–water partition coefficient (Wildman–Crippen LogP) is 2.69. The number of aliphatic hydroxyl groups excluding tert-OH is 1. The second-order valence-corrected chi connectivity index (χ2v) is 5.24. The van der Waals surface area contributed by atoms with E-state index >= 15 is 0 Å². The summed E-state index contributed by atoms with van der Waals surface area (Å²) < 4.78 is 0. The lowest BCUT2D eigenvalue weighted by molar-refractivity contribution is 0.165. The van der Waals surface area contributed by atoms with Crippen LogP contribution in [0.25, 0.3) is 0 Å². The molecular formula is C15H25ClN2O. The van der Waals surface area contributed by atoms with E-state index < -0.39 is 6.10 Å². The van der Waals surface area contributed by atoms with Crippen LogP contribution < -0.4 is 5.32 Å². The summed E-state index contributed by atoms with van der Waals surface area (Å²) in [6, 6.07) is 7.78. The first-order chi connectivity index (χ1) is 9.08. The van der Waals surface area contributed by atoms with Crippen LogP contribution in [0.1, 0.15) is 32.4 Å². The fourth-order valence-corrected chi connectivity index (χ4v) is 2.36. The summed E-state index contributed by atoms with van der Waals surface area (Å²) in [6.45, 7) is 10.1. The van der Waals surface area contributed by atoms with Crippen molar-refractivity contribution < 1.29 is 5.11 Å². The summed E-state index contributed by atoms with van der Waals surface area (Å²) in [7, 11) is 0. The number of nitrogens with one attached hydrogen (secondary N) is 1. The smallest absolute Gasteiger partial charge is 0.0928 e. The van der Waals surface area contributed by atoms with Crippen molar-refractivity contribution in [2.75, 3.05) is 26.2 Å². The van der Waals surface area contributed by atoms with Crippen LogP contribution in [0.15, 0.2) is 24.3 Å². The van der Waals surface area contributed by atoms with Crippen LogP contribution in [0.5, 0.6) is 0 Å². The van der Waals surface area contributed by atoms with Gasteiger partial charge >= 0.3 is 0 Å². The van der Waals surface area contributed by atoms with Gasteiger partial charge in [0.1, 0.15) is 0 Å². The Bertz CT molecular complexity index is 369. The first-order valence-electron chi connectivity index (χ1n) is 6.96. The van der Waals surface area contributed by atoms with Crippen molar-refractivity contribution in [3.05, 3.63) is 34.9 Å². The number of rotatable bonds is 8. The Balaban J connectivity index is 2.42. The molecule has 4 heteroatoms. The van der Waals surface area contributed by atoms with Crippen LogP contribution in [0.2, 0.25) is 5.02 Å². The van der Waals surface area contributed by atoms with Crippen molar-refractivity contribution >= 4 is 11.6 Å². The van der Waals surface area contributed by atoms with E-state index in [1.807, 2.05) is 18.2 Å². The van der Waals surface area contributed by atoms with E-state index in [0.29, 0.717) is 17.6 Å². The molecule has 0 saturated heterocycles. The van der Waals surface area contributed by atoms with Gasteiger partial charge in [0, 0.05) is 29.7 Å². The standard InChI is InChI=1S/C15H25ClN2O/c1-4-18(5-2)11-12(3)17-10-15(19)13-8-6-7-9-14(13)16/h6-9,12,15,17,19H,4-5,10-11H2,1-3H3. The summed E-state index contributed by atoms with van der Waals surface area (Å²) in [6.07, 6.45) is -0.562. The monoisotopic (exact) mass is 284 g/mol. The normalized spacial score (nSPS) is 14.6. The van der Waals surface area contributed by atoms with Crippen LogP contribution in [0.3, 0.4) is 0 Å². The largest absolute Gasteiger partial charge is 0.387 e. The molecule has 0 radical (unpaired) electrons. The van der Waals surface area contributed by atoms with Crippen molar-refractivity contribution in [1.82, 2.24) is 10.2 Å². The van der Waals surface area contributed by atoms with Gasteiger partial charge in [-0.1, -0.05) is 43.6 Å². The van der Waals surface area contributed by atoms with E-state index in [-0.39, 0.29) is 0 Å². The highest BCUT2D eigenvalue weighted by atomic mass is 35.5. The minimum atomic E-state index is -0.562. The van der Waals surface area contributed by atoms with Gasteiger partial charge in [0.15, 0.2) is 0 Å². The van der Waals surface area contributed by atoms with E-state index in [9.17, 15) is 5.11 Å². The molecule has 3 nitrogen and oxygen atoms in total. The molecule has 0 aliphatic carbocycles. The molecule has 1 rings (SSSR count). The summed E-state index contributed by atoms with van der Waals surface area (Å²) in [5.74, 6) is 0. The van der Waals surface area contributed by atoms with Crippen LogP contribution >= 0.6 is 11.6 Å². The Kier molecular flexibility index (Phi) is 7.39. The SMILES string of the molecule is CCN(CC)CC(C)NCC(O)c1ccccc1Cl. The minimum Gasteiger partial charge on any atom is -0.387 e. The van der Waals surface area contributed by atoms with E-state index in [4.69, 9.17) is 11.6 Å². The van der Waals surface area contributed by atoms with E-state index in [0.717, 1.165) is 25.2 Å². The van der Waals surface area contributed by atoms with Crippen molar-refractivity contribution in [3.63, 3.8) is 0 Å². The first-order valence-corrected chi connectivity index (χ1v) is 7.34. The van der Waals surface area contributed by atoms with Gasteiger partial charge in [-0.3, -0.25) is 0 Å². The Labute approximate surface area is 121 Å². The highest BCUT2D eigenvalue weighted by molar-refractivity contribution is 6.31. The highest BCUT2D eigenvalue weighted by Crippen LogP contribution is 2.21. The molecule has 2 atom stereocenters. The second-order valence-electron chi connectivity index (χ2n) is 4.83. The average molecular weight is 285 g/mol. The number of aliphatic hydroxyl groups is 1. The summed E-state index contributed by atoms with van der Waals surface area (Å²) in [5.41, 5.74) is 0.784. The molecule has 1 aromatic rings. The third-order valence-electron chi connectivity index (χ3n) is 3.35. The molecule has 0 spiro atoms. The lowest BCUT2D eigenvalue weighted by Crippen LogP contribution is -2.40. The molecule has 0 aromatic heterocycles. The highest BCUT2D eigenvalue weighted by Gasteiger charge is 2.13. The van der Waals surface area contributed by atoms with Crippen molar-refractivity contribution in [2.45, 2.75) is 32.9 Å². The van der Waals surface area contributed by atoms with Crippen molar-refractivity contribution in [3.8, 4) is 0 Å². The van der Waals surface area contributed by atoms with Gasteiger partial charge in [-0.05, 0) is 26.1 Å². The Morgan fingerprint density at radius 1 is 1.26 bits per heavy atom. The first kappa shape index (κ1) is 16.4. The lowest BCUT2D eigenvalue weighted by atomic mass is 10.1. The molecule has 108 valence electrons. The maximum atomic E-state index is 10.1. The van der Waals surface area contributed by atoms with Gasteiger partial charge in [0.05, 0.1) is 6.10 Å². The molecule has 0 aliphatic heterocycles. The molecule has 0 heterocycles. The molecule has 0 amide bonds. The fraction of sp³-hybridized carbons (Fsp3) is 0.600. The van der Waals surface area contributed by atoms with Crippen LogP contribution in [0, 0.1) is 0 Å². The molecule has 2 N–H and O–H groups in total. The predicted molar refractivity (Wildman–Crippen MR) is 81.7 cm³/mol. The quantitative estimate of drug-likeness (QED) is 0.770. The van der Waals surface area contributed by atoms with Crippen LogP contribution in [-0.2, 0) is 0 Å². The summed E-state index contributed by atoms with van der Waals surface area (Å²) in [5, 5.41) is 14.1. The van der Waals surface area contributed by atoms with Gasteiger partial charge in [-0.2, -0.15) is 0 Å². The maximum Gasteiger partial charge on any atom is 0.0928 e. The number of hydrogen-bond donors (Lipinski definition) is 2. The van der Waals surface area contributed by atoms with E-state index in [1.165, 1.54) is 0 Å². The molecule has 0 saturated carbocycles. The molecule has 2 unspecified atom stereocenters. The molecule has 1 aromatic carbocycles. The van der Waals surface area contributed by atoms with Crippen LogP contribution in [-0.4, -0.2) is 42.2 Å². The number of halogens is 1. The zero-order chi connectivity index (χ0) is 14.3. The molecule has 0 bridgehead atoms. The Morgan fingerprint density at radius 3 is 2.47 bits per heavy atom. The molecule has 19 heavy (non-hydrogen) atoms. The summed E-state index contributed by atoms with van der Waals surface area (Å²) in [4.78, 5) is 2.36. The van der Waals surface area contributed by atoms with Gasteiger partial charge in [0.2, 0.25) is 0 Å². The second kappa shape index (κ2) is 8.54. The Morgan fingerprint density at radius 2 is 1.89 bits per heavy atom. The van der Waals surface area contributed by atoms with Gasteiger partial charge in [0.25, 0.3) is 0 Å². The lowest BCUT2D eigenvalue weighted by Gasteiger charge is -2.24. The number of nitrogens with zero attached hydrogens (tertiary/aromatic N) is 1. The number of likely N-dealkylation sites (N-methyl/N-ethyl adjacent to an activating group) is 1. The zero-order valence-electron chi connectivity index (χ0n) is 12.1. The van der Waals surface area contributed by atoms with Crippen LogP contribution in [0.4, 0.5) is 0 Å². The summed E-state index contributed by atoms with van der Waals surface area (Å²) >= 11 is 6.07. The zero-order valence-corrected chi connectivity index (χ0v) is 12.8. The molecule has 0 aliphatic rings. The molecular weight excluding hydrogens is 260 g/mol. The number of hydrogen-bond acceptors (Lipinski definition) is 3.